The van der Waals surface area contributed by atoms with Gasteiger partial charge in [-0.05, 0) is 56.2 Å². The molecule has 2 aromatic rings. The number of carbonyl (C=O) groups is 1. The Bertz CT molecular complexity index is 722. The second-order valence-electron chi connectivity index (χ2n) is 7.75. The summed E-state index contributed by atoms with van der Waals surface area (Å²) in [6.07, 6.45) is 2.11. The largest absolute Gasteiger partial charge is 0.371 e. The minimum atomic E-state index is -0.156. The lowest BCUT2D eigenvalue weighted by molar-refractivity contribution is -0.0149. The number of thiophene rings is 1. The van der Waals surface area contributed by atoms with Gasteiger partial charge in [-0.1, -0.05) is 30.3 Å². The van der Waals surface area contributed by atoms with Crippen LogP contribution in [0.2, 0.25) is 0 Å². The molecule has 3 rings (SSSR count). The number of urea groups is 1. The number of amides is 2. The first kappa shape index (κ1) is 18.9. The highest BCUT2D eigenvalue weighted by Gasteiger charge is 2.30. The van der Waals surface area contributed by atoms with Crippen LogP contribution < -0.4 is 5.32 Å². The molecule has 1 atom stereocenters. The van der Waals surface area contributed by atoms with Crippen LogP contribution in [-0.4, -0.2) is 23.1 Å². The zero-order chi connectivity index (χ0) is 18.6. The van der Waals surface area contributed by atoms with Gasteiger partial charge in [0.05, 0.1) is 18.2 Å². The van der Waals surface area contributed by atoms with E-state index >= 15 is 0 Å². The quantitative estimate of drug-likeness (QED) is 0.792. The molecule has 1 fully saturated rings. The molecule has 0 aliphatic carbocycles. The van der Waals surface area contributed by atoms with Gasteiger partial charge < -0.3 is 15.0 Å². The number of hydrogen-bond acceptors (Lipinski definition) is 3. The average Bonchev–Trinajstić information content (AvgIpc) is 3.28. The molecular formula is C21H28N2O2S. The molecule has 1 aromatic carbocycles. The summed E-state index contributed by atoms with van der Waals surface area (Å²) in [6, 6.07) is 12.7. The molecule has 2 heterocycles. The Morgan fingerprint density at radius 3 is 2.81 bits per heavy atom. The molecule has 1 aliphatic rings. The van der Waals surface area contributed by atoms with E-state index in [9.17, 15) is 4.79 Å². The Hall–Kier alpha value is -1.85. The molecule has 140 valence electrons. The first-order chi connectivity index (χ1) is 12.4. The van der Waals surface area contributed by atoms with Crippen molar-refractivity contribution in [2.45, 2.75) is 58.4 Å². The molecule has 1 unspecified atom stereocenters. The Kier molecular flexibility index (Phi) is 5.99. The summed E-state index contributed by atoms with van der Waals surface area (Å²) < 4.78 is 5.84. The predicted molar refractivity (Wildman–Crippen MR) is 106 cm³/mol. The number of nitrogens with one attached hydrogen (secondary N) is 1. The zero-order valence-electron chi connectivity index (χ0n) is 15.8. The first-order valence-electron chi connectivity index (χ1n) is 9.22. The summed E-state index contributed by atoms with van der Waals surface area (Å²) in [6.45, 7) is 8.10. The van der Waals surface area contributed by atoms with E-state index in [1.54, 1.807) is 11.3 Å². The number of rotatable bonds is 5. The van der Waals surface area contributed by atoms with Gasteiger partial charge in [-0.2, -0.15) is 0 Å². The maximum Gasteiger partial charge on any atom is 0.318 e. The fraction of sp³-hybridized carbons (Fsp3) is 0.476. The average molecular weight is 373 g/mol. The molecule has 1 saturated heterocycles. The summed E-state index contributed by atoms with van der Waals surface area (Å²) in [5.74, 6) is 0. The monoisotopic (exact) mass is 372 g/mol. The molecule has 0 bridgehead atoms. The number of nitrogens with zero attached hydrogens (tertiary/aromatic N) is 1. The van der Waals surface area contributed by atoms with Gasteiger partial charge in [0, 0.05) is 18.0 Å². The molecule has 0 saturated carbocycles. The predicted octanol–water partition coefficient (Wildman–Crippen LogP) is 5.11. The van der Waals surface area contributed by atoms with Crippen LogP contribution in [0, 0.1) is 0 Å². The van der Waals surface area contributed by atoms with Crippen molar-refractivity contribution in [2.24, 2.45) is 0 Å². The summed E-state index contributed by atoms with van der Waals surface area (Å²) in [5, 5.41) is 5.16. The third kappa shape index (κ3) is 5.08. The summed E-state index contributed by atoms with van der Waals surface area (Å²) in [4.78, 5) is 15.9. The van der Waals surface area contributed by atoms with E-state index in [2.05, 4.69) is 55.7 Å². The van der Waals surface area contributed by atoms with E-state index in [1.165, 1.54) is 4.88 Å². The van der Waals surface area contributed by atoms with Crippen molar-refractivity contribution < 1.29 is 9.53 Å². The summed E-state index contributed by atoms with van der Waals surface area (Å²) in [5.41, 5.74) is 2.07. The van der Waals surface area contributed by atoms with Crippen molar-refractivity contribution in [1.29, 1.82) is 0 Å². The molecule has 5 heteroatoms. The van der Waals surface area contributed by atoms with Gasteiger partial charge in [0.15, 0.2) is 0 Å². The number of ether oxygens (including phenoxy) is 1. The highest BCUT2D eigenvalue weighted by Crippen LogP contribution is 2.34. The normalized spacial score (nSPS) is 17.5. The minimum absolute atomic E-state index is 0.0252. The second-order valence-corrected chi connectivity index (χ2v) is 8.73. The van der Waals surface area contributed by atoms with Gasteiger partial charge in [-0.3, -0.25) is 0 Å². The lowest BCUT2D eigenvalue weighted by Gasteiger charge is -2.24. The first-order valence-corrected chi connectivity index (χ1v) is 10.1. The molecule has 1 aliphatic heterocycles. The van der Waals surface area contributed by atoms with E-state index in [4.69, 9.17) is 4.74 Å². The van der Waals surface area contributed by atoms with Gasteiger partial charge in [0.1, 0.15) is 0 Å². The lowest BCUT2D eigenvalue weighted by atomic mass is 10.1. The Balaban J connectivity index is 1.56. The third-order valence-corrected chi connectivity index (χ3v) is 5.47. The second kappa shape index (κ2) is 8.23. The molecule has 1 aromatic heterocycles. The van der Waals surface area contributed by atoms with E-state index in [0.29, 0.717) is 13.2 Å². The van der Waals surface area contributed by atoms with Crippen LogP contribution >= 0.6 is 11.3 Å². The Morgan fingerprint density at radius 1 is 1.27 bits per heavy atom. The molecular weight excluding hydrogens is 344 g/mol. The lowest BCUT2D eigenvalue weighted by Crippen LogP contribution is -2.38. The topological polar surface area (TPSA) is 41.6 Å². The Labute approximate surface area is 160 Å². The molecule has 0 radical (unpaired) electrons. The molecule has 0 spiro atoms. The van der Waals surface area contributed by atoms with Gasteiger partial charge >= 0.3 is 6.03 Å². The third-order valence-electron chi connectivity index (χ3n) is 4.49. The zero-order valence-corrected chi connectivity index (χ0v) is 16.6. The van der Waals surface area contributed by atoms with Crippen LogP contribution in [0.3, 0.4) is 0 Å². The maximum absolute atomic E-state index is 12.7. The van der Waals surface area contributed by atoms with E-state index in [-0.39, 0.29) is 17.7 Å². The standard InChI is InChI=1S/C21H28N2O2S/c1-21(2,3)25-15-17-8-4-7-16(13-17)14-22-20(24)23-11-5-9-18(23)19-10-6-12-26-19/h4,6-8,10,12-13,18H,5,9,11,14-15H2,1-3H3,(H,22,24). The van der Waals surface area contributed by atoms with Gasteiger partial charge in [0.25, 0.3) is 0 Å². The number of carbonyl (C=O) groups excluding carboxylic acids is 1. The molecule has 26 heavy (non-hydrogen) atoms. The van der Waals surface area contributed by atoms with Gasteiger partial charge in [-0.25, -0.2) is 4.79 Å². The van der Waals surface area contributed by atoms with E-state index in [0.717, 1.165) is 30.5 Å². The van der Waals surface area contributed by atoms with Crippen LogP contribution in [0.15, 0.2) is 41.8 Å². The van der Waals surface area contributed by atoms with E-state index in [1.807, 2.05) is 17.0 Å². The van der Waals surface area contributed by atoms with Gasteiger partial charge in [0.2, 0.25) is 0 Å². The van der Waals surface area contributed by atoms with Crippen molar-refractivity contribution in [3.8, 4) is 0 Å². The van der Waals surface area contributed by atoms with Crippen LogP contribution in [0.5, 0.6) is 0 Å². The fourth-order valence-corrected chi connectivity index (χ4v) is 4.07. The van der Waals surface area contributed by atoms with Crippen molar-refractivity contribution >= 4 is 17.4 Å². The van der Waals surface area contributed by atoms with Crippen molar-refractivity contribution in [2.75, 3.05) is 6.54 Å². The fourth-order valence-electron chi connectivity index (χ4n) is 3.19. The summed E-state index contributed by atoms with van der Waals surface area (Å²) >= 11 is 1.73. The van der Waals surface area contributed by atoms with Crippen LogP contribution in [0.25, 0.3) is 0 Å². The molecule has 1 N–H and O–H groups in total. The minimum Gasteiger partial charge on any atom is -0.371 e. The number of hydrogen-bond donors (Lipinski definition) is 1. The molecule has 4 nitrogen and oxygen atoms in total. The van der Waals surface area contributed by atoms with Crippen molar-refractivity contribution in [3.05, 3.63) is 57.8 Å². The SMILES string of the molecule is CC(C)(C)OCc1cccc(CNC(=O)N2CCCC2c2cccs2)c1. The van der Waals surface area contributed by atoms with Crippen LogP contribution in [-0.2, 0) is 17.9 Å². The highest BCUT2D eigenvalue weighted by molar-refractivity contribution is 7.10. The number of benzene rings is 1. The maximum atomic E-state index is 12.7. The van der Waals surface area contributed by atoms with Crippen molar-refractivity contribution in [3.63, 3.8) is 0 Å². The van der Waals surface area contributed by atoms with Crippen molar-refractivity contribution in [1.82, 2.24) is 10.2 Å². The van der Waals surface area contributed by atoms with Crippen LogP contribution in [0.4, 0.5) is 4.79 Å². The summed E-state index contributed by atoms with van der Waals surface area (Å²) in [7, 11) is 0. The van der Waals surface area contributed by atoms with Crippen LogP contribution in [0.1, 0.15) is 55.7 Å². The number of likely N-dealkylation sites (tertiary alicyclic amines) is 1. The Morgan fingerprint density at radius 2 is 2.08 bits per heavy atom. The molecule has 2 amide bonds. The highest BCUT2D eigenvalue weighted by atomic mass is 32.1. The van der Waals surface area contributed by atoms with E-state index < -0.39 is 0 Å². The smallest absolute Gasteiger partial charge is 0.318 e. The van der Waals surface area contributed by atoms with Gasteiger partial charge in [-0.15, -0.1) is 11.3 Å².